The molecule has 0 spiro atoms. The predicted molar refractivity (Wildman–Crippen MR) is 88.3 cm³/mol. The molecule has 2 aromatic carbocycles. The summed E-state index contributed by atoms with van der Waals surface area (Å²) in [7, 11) is -0.949. The van der Waals surface area contributed by atoms with E-state index in [0.717, 1.165) is 10.4 Å². The molecule has 0 aliphatic rings. The number of sulfonamides is 1. The van der Waals surface area contributed by atoms with Crippen LogP contribution < -0.4 is 0 Å². The van der Waals surface area contributed by atoms with E-state index in [1.54, 1.807) is 0 Å². The van der Waals surface area contributed by atoms with Crippen LogP contribution in [-0.4, -0.2) is 45.2 Å². The van der Waals surface area contributed by atoms with Gasteiger partial charge in [-0.2, -0.15) is 0 Å². The van der Waals surface area contributed by atoms with Gasteiger partial charge in [0.25, 0.3) is 0 Å². The molecule has 8 heteroatoms. The molecule has 25 heavy (non-hydrogen) atoms. The first-order chi connectivity index (χ1) is 11.7. The van der Waals surface area contributed by atoms with Crippen molar-refractivity contribution >= 4 is 21.8 Å². The number of nitrogens with zero attached hydrogens (tertiary/aromatic N) is 1. The molecule has 0 unspecified atom stereocenters. The summed E-state index contributed by atoms with van der Waals surface area (Å²) in [5.41, 5.74) is 0.0757. The third-order valence-corrected chi connectivity index (χ3v) is 5.14. The quantitative estimate of drug-likeness (QED) is 0.579. The van der Waals surface area contributed by atoms with Crippen LogP contribution in [-0.2, 0) is 14.8 Å². The minimum Gasteiger partial charge on any atom is -0.454 e. The normalized spacial score (nSPS) is 11.4. The number of rotatable bonds is 6. The van der Waals surface area contributed by atoms with E-state index in [1.807, 2.05) is 0 Å². The van der Waals surface area contributed by atoms with Gasteiger partial charge in [-0.05, 0) is 30.3 Å². The van der Waals surface area contributed by atoms with Crippen LogP contribution in [0.25, 0.3) is 0 Å². The standard InChI is InChI=1S/C17H16FNO5S/c1-19(2)25(22,23)15-8-4-6-13(10-15)17(21)24-11-16(20)12-5-3-7-14(18)9-12/h3-10H,11H2,1-2H3. The SMILES string of the molecule is CN(C)S(=O)(=O)c1cccc(C(=O)OCC(=O)c2cccc(F)c2)c1. The maximum absolute atomic E-state index is 13.1. The second-order valence-corrected chi connectivity index (χ2v) is 7.48. The lowest BCUT2D eigenvalue weighted by atomic mass is 10.1. The van der Waals surface area contributed by atoms with Gasteiger partial charge in [-0.25, -0.2) is 21.9 Å². The highest BCUT2D eigenvalue weighted by Crippen LogP contribution is 2.15. The smallest absolute Gasteiger partial charge is 0.338 e. The van der Waals surface area contributed by atoms with Crippen LogP contribution in [0.1, 0.15) is 20.7 Å². The minimum atomic E-state index is -3.69. The van der Waals surface area contributed by atoms with Gasteiger partial charge in [-0.1, -0.05) is 18.2 Å². The monoisotopic (exact) mass is 365 g/mol. The maximum atomic E-state index is 13.1. The Kier molecular flexibility index (Phi) is 5.66. The molecule has 0 saturated heterocycles. The van der Waals surface area contributed by atoms with Gasteiger partial charge in [-0.3, -0.25) is 4.79 Å². The van der Waals surface area contributed by atoms with Crippen molar-refractivity contribution < 1.29 is 27.1 Å². The van der Waals surface area contributed by atoms with Crippen molar-refractivity contribution in [1.29, 1.82) is 0 Å². The number of Topliss-reactive ketones (excluding diaryl/α,β-unsaturated/α-hetero) is 1. The molecule has 132 valence electrons. The summed E-state index contributed by atoms with van der Waals surface area (Å²) in [5.74, 6) is -1.98. The van der Waals surface area contributed by atoms with Crippen LogP contribution in [0, 0.1) is 5.82 Å². The maximum Gasteiger partial charge on any atom is 0.338 e. The number of ether oxygens (including phenoxy) is 1. The molecular weight excluding hydrogens is 349 g/mol. The Balaban J connectivity index is 2.10. The first kappa shape index (κ1) is 18.8. The van der Waals surface area contributed by atoms with E-state index in [-0.39, 0.29) is 16.0 Å². The van der Waals surface area contributed by atoms with Crippen molar-refractivity contribution in [3.8, 4) is 0 Å². The molecule has 2 rings (SSSR count). The number of hydrogen-bond donors (Lipinski definition) is 0. The molecule has 0 fully saturated rings. The van der Waals surface area contributed by atoms with Gasteiger partial charge in [0.1, 0.15) is 5.82 Å². The average Bonchev–Trinajstić information content (AvgIpc) is 2.59. The highest BCUT2D eigenvalue weighted by Gasteiger charge is 2.19. The average molecular weight is 365 g/mol. The van der Waals surface area contributed by atoms with Gasteiger partial charge in [-0.15, -0.1) is 0 Å². The van der Waals surface area contributed by atoms with Crippen LogP contribution in [0.4, 0.5) is 4.39 Å². The third kappa shape index (κ3) is 4.49. The molecular formula is C17H16FNO5S. The van der Waals surface area contributed by atoms with Crippen LogP contribution in [0.2, 0.25) is 0 Å². The fourth-order valence-corrected chi connectivity index (χ4v) is 2.90. The van der Waals surface area contributed by atoms with Crippen molar-refractivity contribution in [2.45, 2.75) is 4.90 Å². The molecule has 0 aromatic heterocycles. The Morgan fingerprint density at radius 1 is 1.04 bits per heavy atom. The molecule has 0 heterocycles. The summed E-state index contributed by atoms with van der Waals surface area (Å²) >= 11 is 0. The lowest BCUT2D eigenvalue weighted by Crippen LogP contribution is -2.22. The highest BCUT2D eigenvalue weighted by atomic mass is 32.2. The lowest BCUT2D eigenvalue weighted by Gasteiger charge is -2.12. The number of carbonyl (C=O) groups excluding carboxylic acids is 2. The zero-order valence-corrected chi connectivity index (χ0v) is 14.4. The lowest BCUT2D eigenvalue weighted by molar-refractivity contribution is 0.0474. The number of hydrogen-bond acceptors (Lipinski definition) is 5. The summed E-state index contributed by atoms with van der Waals surface area (Å²) in [6.45, 7) is -0.576. The number of ketones is 1. The number of esters is 1. The summed E-state index contributed by atoms with van der Waals surface area (Å²) in [5, 5.41) is 0. The number of carbonyl (C=O) groups is 2. The Bertz CT molecular complexity index is 909. The van der Waals surface area contributed by atoms with Crippen LogP contribution in [0.3, 0.4) is 0 Å². The van der Waals surface area contributed by atoms with Crippen molar-refractivity contribution in [3.63, 3.8) is 0 Å². The van der Waals surface area contributed by atoms with Gasteiger partial charge >= 0.3 is 5.97 Å². The van der Waals surface area contributed by atoms with E-state index in [0.29, 0.717) is 0 Å². The molecule has 0 aliphatic carbocycles. The molecule has 0 atom stereocenters. The van der Waals surface area contributed by atoms with E-state index in [4.69, 9.17) is 4.74 Å². The summed E-state index contributed by atoms with van der Waals surface area (Å²) in [6.07, 6.45) is 0. The molecule has 0 saturated carbocycles. The van der Waals surface area contributed by atoms with Gasteiger partial charge < -0.3 is 4.74 Å². The molecule has 0 N–H and O–H groups in total. The van der Waals surface area contributed by atoms with Gasteiger partial charge in [0, 0.05) is 19.7 Å². The predicted octanol–water partition coefficient (Wildman–Crippen LogP) is 2.12. The first-order valence-electron chi connectivity index (χ1n) is 7.20. The topological polar surface area (TPSA) is 80.8 Å². The highest BCUT2D eigenvalue weighted by molar-refractivity contribution is 7.89. The van der Waals surface area contributed by atoms with Crippen molar-refractivity contribution in [2.24, 2.45) is 0 Å². The van der Waals surface area contributed by atoms with Gasteiger partial charge in [0.15, 0.2) is 12.4 Å². The van der Waals surface area contributed by atoms with E-state index >= 15 is 0 Å². The summed E-state index contributed by atoms with van der Waals surface area (Å²) < 4.78 is 43.2. The number of halogens is 1. The Hall–Kier alpha value is -2.58. The molecule has 2 aromatic rings. The second kappa shape index (κ2) is 7.54. The minimum absolute atomic E-state index is 0.00466. The zero-order chi connectivity index (χ0) is 18.6. The summed E-state index contributed by atoms with van der Waals surface area (Å²) in [4.78, 5) is 23.9. The number of benzene rings is 2. The second-order valence-electron chi connectivity index (χ2n) is 5.32. The molecule has 0 radical (unpaired) electrons. The Labute approximate surface area is 144 Å². The van der Waals surface area contributed by atoms with Gasteiger partial charge in [0.05, 0.1) is 10.5 Å². The molecule has 6 nitrogen and oxygen atoms in total. The Morgan fingerprint density at radius 3 is 2.32 bits per heavy atom. The van der Waals surface area contributed by atoms with Crippen LogP contribution >= 0.6 is 0 Å². The van der Waals surface area contributed by atoms with Crippen molar-refractivity contribution in [3.05, 3.63) is 65.5 Å². The van der Waals surface area contributed by atoms with E-state index in [2.05, 4.69) is 0 Å². The zero-order valence-electron chi connectivity index (χ0n) is 13.6. The van der Waals surface area contributed by atoms with E-state index in [1.165, 1.54) is 56.6 Å². The first-order valence-corrected chi connectivity index (χ1v) is 8.64. The van der Waals surface area contributed by atoms with Crippen LogP contribution in [0.15, 0.2) is 53.4 Å². The van der Waals surface area contributed by atoms with Crippen molar-refractivity contribution in [1.82, 2.24) is 4.31 Å². The van der Waals surface area contributed by atoms with Gasteiger partial charge in [0.2, 0.25) is 10.0 Å². The van der Waals surface area contributed by atoms with Crippen molar-refractivity contribution in [2.75, 3.05) is 20.7 Å². The Morgan fingerprint density at radius 2 is 1.68 bits per heavy atom. The fourth-order valence-electron chi connectivity index (χ4n) is 1.95. The molecule has 0 aliphatic heterocycles. The summed E-state index contributed by atoms with van der Waals surface area (Å²) in [6, 6.07) is 10.3. The molecule has 0 bridgehead atoms. The largest absolute Gasteiger partial charge is 0.454 e. The van der Waals surface area contributed by atoms with Crippen LogP contribution in [0.5, 0.6) is 0 Å². The fraction of sp³-hybridized carbons (Fsp3) is 0.176. The third-order valence-electron chi connectivity index (χ3n) is 3.33. The van der Waals surface area contributed by atoms with E-state index < -0.39 is 34.2 Å². The molecule has 0 amide bonds. The van der Waals surface area contributed by atoms with E-state index in [9.17, 15) is 22.4 Å².